The van der Waals surface area contributed by atoms with Crippen molar-refractivity contribution in [3.8, 4) is 0 Å². The fourth-order valence-electron chi connectivity index (χ4n) is 2.49. The Morgan fingerprint density at radius 1 is 1.12 bits per heavy atom. The number of para-hydroxylation sites is 1. The maximum absolute atomic E-state index is 12.9. The van der Waals surface area contributed by atoms with Gasteiger partial charge in [0.1, 0.15) is 0 Å². The van der Waals surface area contributed by atoms with Crippen LogP contribution in [0.4, 0.5) is 20.2 Å². The van der Waals surface area contributed by atoms with Crippen LogP contribution in [0.3, 0.4) is 0 Å². The van der Waals surface area contributed by atoms with Crippen molar-refractivity contribution in [2.75, 3.05) is 23.8 Å². The number of aryl methyl sites for hydroxylation is 1. The van der Waals surface area contributed by atoms with Crippen LogP contribution in [0.5, 0.6) is 0 Å². The molecule has 0 fully saturated rings. The van der Waals surface area contributed by atoms with E-state index < -0.39 is 20.5 Å². The second kappa shape index (κ2) is 7.82. The highest BCUT2D eigenvalue weighted by atomic mass is 32.2. The number of sulfone groups is 1. The van der Waals surface area contributed by atoms with Crippen molar-refractivity contribution in [2.24, 2.45) is 0 Å². The highest BCUT2D eigenvalue weighted by Crippen LogP contribution is 2.28. The molecule has 0 aromatic heterocycles. The van der Waals surface area contributed by atoms with Gasteiger partial charge in [0.25, 0.3) is 0 Å². The molecule has 0 heterocycles. The van der Waals surface area contributed by atoms with Crippen molar-refractivity contribution < 1.29 is 22.0 Å². The molecule has 1 N–H and O–H groups in total. The van der Waals surface area contributed by atoms with Crippen molar-refractivity contribution in [1.82, 2.24) is 0 Å². The number of nitrogens with zero attached hydrogens (tertiary/aromatic N) is 1. The number of rotatable bonds is 6. The second-order valence-corrected chi connectivity index (χ2v) is 7.81. The topological polar surface area (TPSA) is 66.5 Å². The Morgan fingerprint density at radius 2 is 1.77 bits per heavy atom. The molecule has 1 amide bonds. The molecule has 5 nitrogen and oxygen atoms in total. The van der Waals surface area contributed by atoms with E-state index in [1.807, 2.05) is 26.0 Å². The van der Waals surface area contributed by atoms with Gasteiger partial charge in [0, 0.05) is 12.7 Å². The standard InChI is InChI=1S/C18H20F2N2O3S/c1-12-7-6-8-14(13(12)2)21-17(23)11-22(3)15-9-4-5-10-16(15)26(24,25)18(19)20/h4-10,18H,11H2,1-3H3,(H,21,23). The minimum absolute atomic E-state index is 0.0453. The number of anilines is 2. The first kappa shape index (κ1) is 19.8. The van der Waals surface area contributed by atoms with Gasteiger partial charge >= 0.3 is 5.76 Å². The highest BCUT2D eigenvalue weighted by Gasteiger charge is 2.30. The summed E-state index contributed by atoms with van der Waals surface area (Å²) in [6, 6.07) is 10.9. The predicted molar refractivity (Wildman–Crippen MR) is 97.4 cm³/mol. The van der Waals surface area contributed by atoms with Crippen molar-refractivity contribution in [3.05, 3.63) is 53.6 Å². The van der Waals surface area contributed by atoms with Gasteiger partial charge in [0.15, 0.2) is 0 Å². The van der Waals surface area contributed by atoms with Gasteiger partial charge < -0.3 is 10.2 Å². The van der Waals surface area contributed by atoms with Crippen LogP contribution in [-0.2, 0) is 14.6 Å². The van der Waals surface area contributed by atoms with Crippen molar-refractivity contribution in [2.45, 2.75) is 24.5 Å². The average Bonchev–Trinajstić information content (AvgIpc) is 2.58. The number of carbonyl (C=O) groups excluding carboxylic acids is 1. The third-order valence-electron chi connectivity index (χ3n) is 4.08. The molecule has 0 radical (unpaired) electrons. The minimum atomic E-state index is -4.77. The number of nitrogens with one attached hydrogen (secondary N) is 1. The summed E-state index contributed by atoms with van der Waals surface area (Å²) in [5.74, 6) is -3.91. The third kappa shape index (κ3) is 4.19. The number of amides is 1. The molecule has 0 spiro atoms. The summed E-state index contributed by atoms with van der Waals surface area (Å²) in [5, 5.41) is 2.75. The normalized spacial score (nSPS) is 11.5. The van der Waals surface area contributed by atoms with Crippen LogP contribution in [0.25, 0.3) is 0 Å². The average molecular weight is 382 g/mol. The van der Waals surface area contributed by atoms with Crippen LogP contribution in [0.1, 0.15) is 11.1 Å². The summed E-state index contributed by atoms with van der Waals surface area (Å²) in [6.45, 7) is 3.60. The molecular formula is C18H20F2N2O3S. The fraction of sp³-hybridized carbons (Fsp3) is 0.278. The second-order valence-electron chi connectivity index (χ2n) is 5.93. The molecule has 0 atom stereocenters. The van der Waals surface area contributed by atoms with Gasteiger partial charge in [-0.25, -0.2) is 8.42 Å². The Morgan fingerprint density at radius 3 is 2.42 bits per heavy atom. The van der Waals surface area contributed by atoms with E-state index in [-0.39, 0.29) is 18.1 Å². The van der Waals surface area contributed by atoms with Gasteiger partial charge in [-0.1, -0.05) is 24.3 Å². The molecule has 0 bridgehead atoms. The summed E-state index contributed by atoms with van der Waals surface area (Å²) in [7, 11) is -3.29. The Hall–Kier alpha value is -2.48. The highest BCUT2D eigenvalue weighted by molar-refractivity contribution is 7.91. The van der Waals surface area contributed by atoms with E-state index in [2.05, 4.69) is 5.32 Å². The van der Waals surface area contributed by atoms with E-state index >= 15 is 0 Å². The van der Waals surface area contributed by atoms with E-state index in [4.69, 9.17) is 0 Å². The number of alkyl halides is 2. The number of carbonyl (C=O) groups is 1. The summed E-state index contributed by atoms with van der Waals surface area (Å²) in [5.41, 5.74) is 2.63. The molecule has 2 aromatic rings. The zero-order valence-corrected chi connectivity index (χ0v) is 15.5. The van der Waals surface area contributed by atoms with Crippen molar-refractivity contribution >= 4 is 27.1 Å². The van der Waals surface area contributed by atoms with Gasteiger partial charge in [0.05, 0.1) is 17.1 Å². The lowest BCUT2D eigenvalue weighted by Gasteiger charge is -2.22. The molecule has 2 aromatic carbocycles. The Bertz CT molecular complexity index is 914. The van der Waals surface area contributed by atoms with Gasteiger partial charge in [-0.15, -0.1) is 0 Å². The first-order chi connectivity index (χ1) is 12.1. The molecule has 2 rings (SSSR count). The molecular weight excluding hydrogens is 362 g/mol. The predicted octanol–water partition coefficient (Wildman–Crippen LogP) is 3.37. The summed E-state index contributed by atoms with van der Waals surface area (Å²) >= 11 is 0. The van der Waals surface area contributed by atoms with Crippen molar-refractivity contribution in [3.63, 3.8) is 0 Å². The third-order valence-corrected chi connectivity index (χ3v) is 5.50. The Labute approximate surface area is 151 Å². The quantitative estimate of drug-likeness (QED) is 0.832. The number of benzene rings is 2. The Balaban J connectivity index is 2.22. The maximum atomic E-state index is 12.9. The number of hydrogen-bond acceptors (Lipinski definition) is 4. The van der Waals surface area contributed by atoms with Gasteiger partial charge in [0.2, 0.25) is 15.7 Å². The SMILES string of the molecule is Cc1cccc(NC(=O)CN(C)c2ccccc2S(=O)(=O)C(F)F)c1C. The van der Waals surface area contributed by atoms with E-state index in [1.165, 1.54) is 30.1 Å². The van der Waals surface area contributed by atoms with E-state index in [9.17, 15) is 22.0 Å². The molecule has 0 unspecified atom stereocenters. The molecule has 0 saturated heterocycles. The van der Waals surface area contributed by atoms with Gasteiger partial charge in [-0.2, -0.15) is 8.78 Å². The van der Waals surface area contributed by atoms with Crippen LogP contribution in [-0.4, -0.2) is 33.7 Å². The number of halogens is 2. The first-order valence-electron chi connectivity index (χ1n) is 7.83. The van der Waals surface area contributed by atoms with Crippen LogP contribution < -0.4 is 10.2 Å². The molecule has 0 aliphatic rings. The first-order valence-corrected chi connectivity index (χ1v) is 9.37. The monoisotopic (exact) mass is 382 g/mol. The molecule has 26 heavy (non-hydrogen) atoms. The van der Waals surface area contributed by atoms with Crippen LogP contribution in [0, 0.1) is 13.8 Å². The lowest BCUT2D eigenvalue weighted by molar-refractivity contribution is -0.114. The molecule has 8 heteroatoms. The van der Waals surface area contributed by atoms with Crippen molar-refractivity contribution in [1.29, 1.82) is 0 Å². The summed E-state index contributed by atoms with van der Waals surface area (Å²) in [4.78, 5) is 13.1. The van der Waals surface area contributed by atoms with E-state index in [0.29, 0.717) is 5.69 Å². The number of hydrogen-bond donors (Lipinski definition) is 1. The van der Waals surface area contributed by atoms with E-state index in [0.717, 1.165) is 17.2 Å². The molecule has 140 valence electrons. The van der Waals surface area contributed by atoms with E-state index in [1.54, 1.807) is 6.07 Å². The molecule has 0 aliphatic heterocycles. The summed E-state index contributed by atoms with van der Waals surface area (Å²) < 4.78 is 49.5. The zero-order chi connectivity index (χ0) is 19.5. The fourth-order valence-corrected chi connectivity index (χ4v) is 3.46. The maximum Gasteiger partial charge on any atom is 0.341 e. The van der Waals surface area contributed by atoms with Crippen LogP contribution >= 0.6 is 0 Å². The summed E-state index contributed by atoms with van der Waals surface area (Å²) in [6.07, 6.45) is 0. The smallest absolute Gasteiger partial charge is 0.341 e. The lowest BCUT2D eigenvalue weighted by Crippen LogP contribution is -2.31. The Kier molecular flexibility index (Phi) is 5.97. The van der Waals surface area contributed by atoms with Gasteiger partial charge in [-0.3, -0.25) is 4.79 Å². The molecule has 0 aliphatic carbocycles. The largest absolute Gasteiger partial charge is 0.364 e. The number of likely N-dealkylation sites (N-methyl/N-ethyl adjacent to an activating group) is 1. The minimum Gasteiger partial charge on any atom is -0.364 e. The van der Waals surface area contributed by atoms with Gasteiger partial charge in [-0.05, 0) is 43.2 Å². The van der Waals surface area contributed by atoms with Crippen LogP contribution in [0.2, 0.25) is 0 Å². The lowest BCUT2D eigenvalue weighted by atomic mass is 10.1. The molecule has 0 saturated carbocycles. The van der Waals surface area contributed by atoms with Crippen LogP contribution in [0.15, 0.2) is 47.4 Å². The zero-order valence-electron chi connectivity index (χ0n) is 14.7.